The number of hydrogen-bond donors (Lipinski definition) is 1. The third kappa shape index (κ3) is 3.30. The molecule has 0 atom stereocenters. The molecule has 0 amide bonds. The van der Waals surface area contributed by atoms with Gasteiger partial charge in [0.05, 0.1) is 5.35 Å². The van der Waals surface area contributed by atoms with Crippen molar-refractivity contribution in [2.75, 3.05) is 5.32 Å². The monoisotopic (exact) mass is 314 g/mol. The molecule has 0 fully saturated rings. The number of ether oxygens (including phenoxy) is 1. The maximum Gasteiger partial charge on any atom is 0.131 e. The Balaban J connectivity index is 1.50. The van der Waals surface area contributed by atoms with E-state index >= 15 is 0 Å². The first-order valence-corrected chi connectivity index (χ1v) is 8.14. The molecule has 1 aliphatic rings. The van der Waals surface area contributed by atoms with Crippen LogP contribution < -0.4 is 20.6 Å². The summed E-state index contributed by atoms with van der Waals surface area (Å²) < 4.78 is 5.81. The molecule has 1 N–H and O–H groups in total. The van der Waals surface area contributed by atoms with E-state index in [1.165, 1.54) is 5.22 Å². The summed E-state index contributed by atoms with van der Waals surface area (Å²) in [7, 11) is 0. The first-order valence-electron chi connectivity index (χ1n) is 8.14. The smallest absolute Gasteiger partial charge is 0.131 e. The highest BCUT2D eigenvalue weighted by Gasteiger charge is 2.01. The molecule has 3 aromatic rings. The number of fused-ring (bicyclic) bond motifs is 1. The van der Waals surface area contributed by atoms with Crippen LogP contribution in [0, 0.1) is 0 Å². The molecular formula is C21H18N2O. The van der Waals surface area contributed by atoms with Crippen LogP contribution in [-0.2, 0) is 0 Å². The Hall–Kier alpha value is -3.07. The van der Waals surface area contributed by atoms with Crippen molar-refractivity contribution in [3.63, 3.8) is 0 Å². The van der Waals surface area contributed by atoms with Gasteiger partial charge in [-0.25, -0.2) is 4.98 Å². The van der Waals surface area contributed by atoms with Gasteiger partial charge in [0.25, 0.3) is 0 Å². The molecule has 0 unspecified atom stereocenters. The summed E-state index contributed by atoms with van der Waals surface area (Å²) in [5.74, 6) is 2.51. The van der Waals surface area contributed by atoms with E-state index in [-0.39, 0.29) is 0 Å². The highest BCUT2D eigenvalue weighted by atomic mass is 16.5. The van der Waals surface area contributed by atoms with Crippen LogP contribution >= 0.6 is 0 Å². The summed E-state index contributed by atoms with van der Waals surface area (Å²) in [6.45, 7) is 0. The first-order chi connectivity index (χ1) is 11.9. The van der Waals surface area contributed by atoms with Crippen molar-refractivity contribution < 1.29 is 4.74 Å². The van der Waals surface area contributed by atoms with Crippen LogP contribution in [0.4, 0.5) is 11.5 Å². The number of pyridine rings is 1. The molecule has 1 aliphatic carbocycles. The fraction of sp³-hybridized carbons (Fsp3) is 0.0952. The zero-order valence-corrected chi connectivity index (χ0v) is 13.3. The molecular weight excluding hydrogens is 296 g/mol. The van der Waals surface area contributed by atoms with Crippen LogP contribution in [0.25, 0.3) is 12.2 Å². The standard InChI is InChI=1S/C21H18N2O/c1-2-7-18(8-3-1)24-19-13-11-17(12-14-19)22-21-15-10-16-6-4-5-9-20(16)23-21/h1-3,6-15H,4-5H2,(H,22,23). The van der Waals surface area contributed by atoms with Gasteiger partial charge in [0, 0.05) is 5.69 Å². The summed E-state index contributed by atoms with van der Waals surface area (Å²) in [4.78, 5) is 4.67. The molecule has 0 radical (unpaired) electrons. The van der Waals surface area contributed by atoms with E-state index < -0.39 is 0 Å². The fourth-order valence-electron chi connectivity index (χ4n) is 2.73. The molecule has 0 saturated heterocycles. The zero-order chi connectivity index (χ0) is 16.2. The summed E-state index contributed by atoms with van der Waals surface area (Å²) in [6.07, 6.45) is 6.60. The van der Waals surface area contributed by atoms with Crippen LogP contribution in [-0.4, -0.2) is 4.98 Å². The summed E-state index contributed by atoms with van der Waals surface area (Å²) in [5.41, 5.74) is 0.989. The Morgan fingerprint density at radius 1 is 0.750 bits per heavy atom. The lowest BCUT2D eigenvalue weighted by atomic mass is 10.1. The van der Waals surface area contributed by atoms with Gasteiger partial charge in [0.1, 0.15) is 17.3 Å². The van der Waals surface area contributed by atoms with Crippen molar-refractivity contribution in [2.24, 2.45) is 0 Å². The van der Waals surface area contributed by atoms with Gasteiger partial charge in [-0.1, -0.05) is 30.4 Å². The van der Waals surface area contributed by atoms with Crippen LogP contribution in [0.1, 0.15) is 12.8 Å². The second kappa shape index (κ2) is 6.59. The molecule has 0 saturated carbocycles. The van der Waals surface area contributed by atoms with E-state index in [9.17, 15) is 0 Å². The number of anilines is 2. The van der Waals surface area contributed by atoms with E-state index in [4.69, 9.17) is 4.74 Å². The lowest BCUT2D eigenvalue weighted by molar-refractivity contribution is 0.483. The zero-order valence-electron chi connectivity index (χ0n) is 13.3. The van der Waals surface area contributed by atoms with Gasteiger partial charge in [0.2, 0.25) is 0 Å². The predicted molar refractivity (Wildman–Crippen MR) is 97.9 cm³/mol. The maximum absolute atomic E-state index is 5.81. The highest BCUT2D eigenvalue weighted by Crippen LogP contribution is 2.23. The summed E-state index contributed by atoms with van der Waals surface area (Å²) in [5, 5.41) is 5.63. The molecule has 0 bridgehead atoms. The Morgan fingerprint density at radius 2 is 1.50 bits per heavy atom. The number of aromatic nitrogens is 1. The largest absolute Gasteiger partial charge is 0.457 e. The van der Waals surface area contributed by atoms with E-state index in [2.05, 4.69) is 28.5 Å². The predicted octanol–water partition coefficient (Wildman–Crippen LogP) is 3.97. The van der Waals surface area contributed by atoms with Gasteiger partial charge in [0.15, 0.2) is 0 Å². The second-order valence-electron chi connectivity index (χ2n) is 5.72. The van der Waals surface area contributed by atoms with Crippen molar-refractivity contribution in [1.29, 1.82) is 0 Å². The minimum absolute atomic E-state index is 0.813. The van der Waals surface area contributed by atoms with Crippen LogP contribution in [0.15, 0.2) is 66.7 Å². The number of benzene rings is 2. The fourth-order valence-corrected chi connectivity index (χ4v) is 2.73. The highest BCUT2D eigenvalue weighted by molar-refractivity contribution is 5.57. The third-order valence-electron chi connectivity index (χ3n) is 3.93. The van der Waals surface area contributed by atoms with Crippen molar-refractivity contribution in [1.82, 2.24) is 4.98 Å². The molecule has 3 heteroatoms. The second-order valence-corrected chi connectivity index (χ2v) is 5.72. The van der Waals surface area contributed by atoms with Crippen molar-refractivity contribution in [3.8, 4) is 11.5 Å². The minimum atomic E-state index is 0.813. The van der Waals surface area contributed by atoms with E-state index in [0.717, 1.165) is 41.2 Å². The number of hydrogen-bond acceptors (Lipinski definition) is 3. The lowest BCUT2D eigenvalue weighted by Gasteiger charge is -2.09. The van der Waals surface area contributed by atoms with Crippen molar-refractivity contribution in [3.05, 3.63) is 77.3 Å². The number of nitrogens with one attached hydrogen (secondary N) is 1. The van der Waals surface area contributed by atoms with Gasteiger partial charge in [-0.2, -0.15) is 0 Å². The van der Waals surface area contributed by atoms with Crippen LogP contribution in [0.3, 0.4) is 0 Å². The Morgan fingerprint density at radius 3 is 2.33 bits per heavy atom. The number of nitrogens with zero attached hydrogens (tertiary/aromatic N) is 1. The summed E-state index contributed by atoms with van der Waals surface area (Å²) in [6, 6.07) is 21.8. The SMILES string of the molecule is C1=c2ccc(Nc3ccc(Oc4ccccc4)cc3)nc2=CCC1. The van der Waals surface area contributed by atoms with Gasteiger partial charge >= 0.3 is 0 Å². The number of rotatable bonds is 4. The van der Waals surface area contributed by atoms with Crippen molar-refractivity contribution >= 4 is 23.7 Å². The lowest BCUT2D eigenvalue weighted by Crippen LogP contribution is -2.30. The average Bonchev–Trinajstić information content (AvgIpc) is 2.64. The molecule has 3 nitrogen and oxygen atoms in total. The Bertz CT molecular complexity index is 947. The van der Waals surface area contributed by atoms with E-state index in [0.29, 0.717) is 0 Å². The quantitative estimate of drug-likeness (QED) is 0.791. The third-order valence-corrected chi connectivity index (χ3v) is 3.93. The molecule has 118 valence electrons. The molecule has 24 heavy (non-hydrogen) atoms. The van der Waals surface area contributed by atoms with Crippen LogP contribution in [0.2, 0.25) is 0 Å². The van der Waals surface area contributed by atoms with Crippen molar-refractivity contribution in [2.45, 2.75) is 12.8 Å². The average molecular weight is 314 g/mol. The number of para-hydroxylation sites is 1. The van der Waals surface area contributed by atoms with E-state index in [1.54, 1.807) is 0 Å². The molecule has 2 aromatic carbocycles. The Labute approximate surface area is 141 Å². The topological polar surface area (TPSA) is 34.1 Å². The molecule has 0 spiro atoms. The first kappa shape index (κ1) is 14.5. The Kier molecular flexibility index (Phi) is 3.98. The molecule has 4 rings (SSSR count). The van der Waals surface area contributed by atoms with Gasteiger partial charge in [-0.05, 0) is 66.6 Å². The van der Waals surface area contributed by atoms with Gasteiger partial charge in [-0.15, -0.1) is 0 Å². The normalized spacial score (nSPS) is 12.5. The van der Waals surface area contributed by atoms with Gasteiger partial charge < -0.3 is 10.1 Å². The van der Waals surface area contributed by atoms with Gasteiger partial charge in [-0.3, -0.25) is 0 Å². The molecule has 0 aliphatic heterocycles. The van der Waals surface area contributed by atoms with E-state index in [1.807, 2.05) is 60.7 Å². The summed E-state index contributed by atoms with van der Waals surface area (Å²) >= 11 is 0. The molecule has 1 heterocycles. The van der Waals surface area contributed by atoms with Crippen LogP contribution in [0.5, 0.6) is 11.5 Å². The molecule has 1 aromatic heterocycles. The maximum atomic E-state index is 5.81. The minimum Gasteiger partial charge on any atom is -0.457 e.